The Balaban J connectivity index is 0.000000169. The van der Waals surface area contributed by atoms with Crippen LogP contribution in [0.1, 0.15) is 31.8 Å². The van der Waals surface area contributed by atoms with Crippen molar-refractivity contribution in [3.8, 4) is 0 Å². The van der Waals surface area contributed by atoms with E-state index >= 15 is 0 Å². The Bertz CT molecular complexity index is 2570. The molecule has 0 unspecified atom stereocenters. The van der Waals surface area contributed by atoms with E-state index in [1.165, 1.54) is 5.56 Å². The van der Waals surface area contributed by atoms with Crippen molar-refractivity contribution in [2.45, 2.75) is 13.1 Å². The first-order chi connectivity index (χ1) is 26.9. The highest BCUT2D eigenvalue weighted by atomic mass is 35.5. The average molecular weight is 751 g/mol. The number of carbonyl (C=O) groups excluding carboxylic acids is 2. The van der Waals surface area contributed by atoms with Crippen LogP contribution in [-0.2, 0) is 13.1 Å². The van der Waals surface area contributed by atoms with Gasteiger partial charge in [-0.15, -0.1) is 0 Å². The molecule has 0 aliphatic heterocycles. The largest absolute Gasteiger partial charge is 0.326 e. The molecule has 0 atom stereocenters. The number of fused-ring (bicyclic) bond motifs is 2. The Morgan fingerprint density at radius 3 is 1.44 bits per heavy atom. The van der Waals surface area contributed by atoms with Crippen molar-refractivity contribution < 1.29 is 20.0 Å². The fourth-order valence-electron chi connectivity index (χ4n) is 6.04. The number of hydrogen-bond acceptors (Lipinski definition) is 8. The summed E-state index contributed by atoms with van der Waals surface area (Å²) in [6.45, 7) is 1.29. The second-order valence-corrected chi connectivity index (χ2v) is 12.9. The molecule has 0 spiro atoms. The summed E-state index contributed by atoms with van der Waals surface area (Å²) in [5, 5.41) is 24.8. The maximum absolute atomic E-state index is 11.5. The lowest BCUT2D eigenvalue weighted by atomic mass is 10.2. The lowest BCUT2D eigenvalue weighted by Crippen LogP contribution is -2.18. The molecule has 0 aliphatic rings. The number of aromatic nitrogens is 4. The zero-order valence-electron chi connectivity index (χ0n) is 29.2. The monoisotopic (exact) mass is 750 g/mol. The number of anilines is 4. The highest BCUT2D eigenvalue weighted by Gasteiger charge is 2.14. The second-order valence-electron chi connectivity index (χ2n) is 12.4. The smallest absolute Gasteiger partial charge is 0.274 e. The lowest BCUT2D eigenvalue weighted by molar-refractivity contribution is 0.0702. The average Bonchev–Trinajstić information content (AvgIpc) is 3.74. The summed E-state index contributed by atoms with van der Waals surface area (Å²) < 4.78 is 4.20. The second kappa shape index (κ2) is 16.8. The number of nitrogens with one attached hydrogen (secondary N) is 4. The summed E-state index contributed by atoms with van der Waals surface area (Å²) in [5.74, 6) is 0.303. The minimum Gasteiger partial charge on any atom is -0.326 e. The quantitative estimate of drug-likeness (QED) is 0.0600. The van der Waals surface area contributed by atoms with Gasteiger partial charge in [0.1, 0.15) is 0 Å². The van der Waals surface area contributed by atoms with Crippen molar-refractivity contribution in [3.05, 3.63) is 179 Å². The zero-order chi connectivity index (χ0) is 38.1. The van der Waals surface area contributed by atoms with Crippen LogP contribution in [0.15, 0.2) is 152 Å². The molecule has 0 radical (unpaired) electrons. The van der Waals surface area contributed by atoms with Crippen LogP contribution >= 0.6 is 11.6 Å². The molecule has 12 nitrogen and oxygen atoms in total. The van der Waals surface area contributed by atoms with Gasteiger partial charge in [-0.1, -0.05) is 78.3 Å². The fraction of sp³-hybridized carbons (Fsp3) is 0.0476. The van der Waals surface area contributed by atoms with E-state index in [1.54, 1.807) is 59.5 Å². The van der Waals surface area contributed by atoms with Crippen molar-refractivity contribution in [2.75, 3.05) is 10.6 Å². The topological polar surface area (TPSA) is 158 Å². The molecule has 8 aromatic rings. The summed E-state index contributed by atoms with van der Waals surface area (Å²) in [5.41, 5.74) is 11.6. The summed E-state index contributed by atoms with van der Waals surface area (Å²) in [7, 11) is 0. The van der Waals surface area contributed by atoms with Crippen LogP contribution in [0, 0.1) is 0 Å². The van der Waals surface area contributed by atoms with Crippen LogP contribution in [0.4, 0.5) is 23.3 Å². The predicted octanol–water partition coefficient (Wildman–Crippen LogP) is 8.55. The lowest BCUT2D eigenvalue weighted by Gasteiger charge is -2.12. The molecule has 6 N–H and O–H groups in total. The molecule has 55 heavy (non-hydrogen) atoms. The molecule has 0 saturated carbocycles. The first-order valence-corrected chi connectivity index (χ1v) is 17.6. The minimum atomic E-state index is -0.556. The van der Waals surface area contributed by atoms with E-state index in [4.69, 9.17) is 32.0 Å². The van der Waals surface area contributed by atoms with E-state index in [2.05, 4.69) is 31.9 Å². The van der Waals surface area contributed by atoms with Crippen LogP contribution in [0.2, 0.25) is 5.02 Å². The molecule has 6 aromatic carbocycles. The highest BCUT2D eigenvalue weighted by molar-refractivity contribution is 6.30. The van der Waals surface area contributed by atoms with Crippen LogP contribution in [0.5, 0.6) is 0 Å². The van der Waals surface area contributed by atoms with Crippen molar-refractivity contribution in [3.63, 3.8) is 0 Å². The summed E-state index contributed by atoms with van der Waals surface area (Å²) in [6.07, 6.45) is 0. The Morgan fingerprint density at radius 2 is 0.964 bits per heavy atom. The number of carbonyl (C=O) groups is 2. The van der Waals surface area contributed by atoms with Crippen LogP contribution in [-0.4, -0.2) is 41.3 Å². The third-order valence-electron chi connectivity index (χ3n) is 8.73. The number of para-hydroxylation sites is 4. The van der Waals surface area contributed by atoms with Crippen molar-refractivity contribution >= 4 is 68.8 Å². The van der Waals surface area contributed by atoms with E-state index in [1.807, 2.05) is 91.0 Å². The third kappa shape index (κ3) is 8.64. The SMILES string of the molecule is O=C(NO)c1ccc(Nc2nc3ccccc3n2Cc2cccc(Cl)c2)cc1.O=C(NO)c1ccc(Nc2nc3ccccc3n2Cc2ccccc2)cc1. The van der Waals surface area contributed by atoms with E-state index in [0.29, 0.717) is 35.2 Å². The van der Waals surface area contributed by atoms with Crippen LogP contribution in [0.3, 0.4) is 0 Å². The number of amides is 2. The standard InChI is InChI=1S/C21H17ClN4O2.C21H18N4O2/c22-16-5-3-4-14(12-16)13-26-19-7-2-1-6-18(19)24-21(26)23-17-10-8-15(9-11-17)20(27)25-28;26-20(24-27)16-10-12-17(13-11-16)22-21-23-18-8-4-5-9-19(18)25(21)14-15-6-2-1-3-7-15/h1-12,28H,13H2,(H,23,24)(H,25,27);1-13,27H,14H2,(H,22,23)(H,24,26). The van der Waals surface area contributed by atoms with Gasteiger partial charge in [0, 0.05) is 27.5 Å². The Morgan fingerprint density at radius 1 is 0.527 bits per heavy atom. The molecule has 2 amide bonds. The molecule has 8 rings (SSSR count). The third-order valence-corrected chi connectivity index (χ3v) is 8.97. The summed E-state index contributed by atoms with van der Waals surface area (Å²) in [4.78, 5) is 32.3. The molecule has 13 heteroatoms. The number of hydrogen-bond donors (Lipinski definition) is 6. The van der Waals surface area contributed by atoms with Gasteiger partial charge in [-0.25, -0.2) is 20.9 Å². The maximum Gasteiger partial charge on any atom is 0.274 e. The number of hydroxylamine groups is 2. The minimum absolute atomic E-state index is 0.362. The number of benzene rings is 6. The van der Waals surface area contributed by atoms with Crippen LogP contribution < -0.4 is 21.6 Å². The number of rotatable bonds is 10. The van der Waals surface area contributed by atoms with Crippen molar-refractivity contribution in [1.29, 1.82) is 0 Å². The Labute approximate surface area is 320 Å². The first kappa shape index (κ1) is 36.4. The van der Waals surface area contributed by atoms with Crippen molar-refractivity contribution in [2.24, 2.45) is 0 Å². The van der Waals surface area contributed by atoms with Gasteiger partial charge in [0.2, 0.25) is 11.9 Å². The molecule has 274 valence electrons. The number of nitrogens with zero attached hydrogens (tertiary/aromatic N) is 4. The number of imidazole rings is 2. The number of halogens is 1. The van der Waals surface area contributed by atoms with Gasteiger partial charge < -0.3 is 19.8 Å². The molecule has 0 bridgehead atoms. The van der Waals surface area contributed by atoms with Gasteiger partial charge in [0.15, 0.2) is 0 Å². The van der Waals surface area contributed by atoms with Gasteiger partial charge >= 0.3 is 0 Å². The fourth-order valence-corrected chi connectivity index (χ4v) is 6.26. The molecule has 0 fully saturated rings. The van der Waals surface area contributed by atoms with Crippen LogP contribution in [0.25, 0.3) is 22.1 Å². The van der Waals surface area contributed by atoms with Gasteiger partial charge in [-0.3, -0.25) is 20.0 Å². The van der Waals surface area contributed by atoms with E-state index < -0.39 is 11.8 Å². The van der Waals surface area contributed by atoms with E-state index in [9.17, 15) is 9.59 Å². The van der Waals surface area contributed by atoms with Crippen molar-refractivity contribution in [1.82, 2.24) is 30.1 Å². The van der Waals surface area contributed by atoms with E-state index in [-0.39, 0.29) is 0 Å². The molecule has 2 heterocycles. The normalized spacial score (nSPS) is 10.7. The molecule has 0 aliphatic carbocycles. The summed E-state index contributed by atoms with van der Waals surface area (Å²) >= 11 is 6.13. The van der Waals surface area contributed by atoms with Gasteiger partial charge in [0.05, 0.1) is 35.2 Å². The summed E-state index contributed by atoms with van der Waals surface area (Å²) in [6, 6.07) is 47.4. The first-order valence-electron chi connectivity index (χ1n) is 17.2. The Kier molecular flexibility index (Phi) is 11.1. The zero-order valence-corrected chi connectivity index (χ0v) is 30.0. The molecule has 2 aromatic heterocycles. The van der Waals surface area contributed by atoms with Gasteiger partial charge in [-0.2, -0.15) is 0 Å². The molecular weight excluding hydrogens is 716 g/mol. The maximum atomic E-state index is 11.5. The Hall–Kier alpha value is -6.99. The van der Waals surface area contributed by atoms with Gasteiger partial charge in [0.25, 0.3) is 11.8 Å². The highest BCUT2D eigenvalue weighted by Crippen LogP contribution is 2.26. The van der Waals surface area contributed by atoms with Gasteiger partial charge in [-0.05, 0) is 96.1 Å². The molecular formula is C42H35ClN8O4. The predicted molar refractivity (Wildman–Crippen MR) is 214 cm³/mol. The molecule has 0 saturated heterocycles. The van der Waals surface area contributed by atoms with E-state index in [0.717, 1.165) is 45.0 Å².